The molecule has 4 heterocycles. The Labute approximate surface area is 274 Å². The molecule has 1 amide bonds. The van der Waals surface area contributed by atoms with Gasteiger partial charge in [-0.05, 0) is 84.8 Å². The molecule has 2 saturated heterocycles. The summed E-state index contributed by atoms with van der Waals surface area (Å²) in [6, 6.07) is 12.5. The van der Waals surface area contributed by atoms with Crippen molar-refractivity contribution in [2.24, 2.45) is 0 Å². The lowest BCUT2D eigenvalue weighted by molar-refractivity contribution is 0.0127. The second-order valence-electron chi connectivity index (χ2n) is 12.5. The van der Waals surface area contributed by atoms with Gasteiger partial charge < -0.3 is 24.4 Å². The highest BCUT2D eigenvalue weighted by atomic mass is 32.1. The molecule has 0 spiro atoms. The topological polar surface area (TPSA) is 85.8 Å². The Kier molecular flexibility index (Phi) is 11.1. The number of likely N-dealkylation sites (tertiary alicyclic amines) is 1. The first-order valence-electron chi connectivity index (χ1n) is 15.7. The first-order chi connectivity index (χ1) is 21.6. The maximum Gasteiger partial charge on any atom is 0.410 e. The van der Waals surface area contributed by atoms with E-state index in [-0.39, 0.29) is 12.2 Å². The molecule has 1 N–H and O–H groups in total. The largest absolute Gasteiger partial charge is 0.490 e. The number of aromatic nitrogens is 2. The zero-order chi connectivity index (χ0) is 31.8. The first kappa shape index (κ1) is 32.9. The molecule has 0 atom stereocenters. The van der Waals surface area contributed by atoms with Gasteiger partial charge in [0.25, 0.3) is 0 Å². The molecule has 0 radical (unpaired) electrons. The van der Waals surface area contributed by atoms with Gasteiger partial charge in [0.15, 0.2) is 0 Å². The van der Waals surface area contributed by atoms with Crippen LogP contribution in [0.1, 0.15) is 57.6 Å². The predicted molar refractivity (Wildman–Crippen MR) is 183 cm³/mol. The molecule has 2 aliphatic heterocycles. The smallest absolute Gasteiger partial charge is 0.410 e. The van der Waals surface area contributed by atoms with Crippen LogP contribution in [0.2, 0.25) is 0 Å². The third-order valence-corrected chi connectivity index (χ3v) is 9.18. The van der Waals surface area contributed by atoms with Gasteiger partial charge in [-0.15, -0.1) is 22.7 Å². The molecule has 0 bridgehead atoms. The monoisotopic (exact) mass is 648 g/mol. The highest BCUT2D eigenvalue weighted by molar-refractivity contribution is 7.13. The molecule has 8 nitrogen and oxygen atoms in total. The maximum atomic E-state index is 12.2. The number of benzene rings is 2. The standard InChI is InChI=1S/C20H26N2O3S.C15H18N2OS/c1-14-5-6-17(16(13-14)18-21-9-12-26-18)24-15-7-10-22(11-8-15)19(23)25-20(2,3)4;1-11-2-3-14(18-12-4-6-16-7-5-12)13(10-11)15-17-8-9-19-15/h5-6,9,12-13,15H,7-8,10-11H2,1-4H3;2-3,8-10,12,16H,4-7H2,1H3. The number of thiazole rings is 2. The molecule has 240 valence electrons. The molecule has 0 unspecified atom stereocenters. The summed E-state index contributed by atoms with van der Waals surface area (Å²) in [7, 11) is 0. The van der Waals surface area contributed by atoms with Crippen LogP contribution in [-0.4, -0.2) is 64.9 Å². The van der Waals surface area contributed by atoms with Crippen LogP contribution in [0.4, 0.5) is 4.79 Å². The van der Waals surface area contributed by atoms with E-state index in [1.54, 1.807) is 27.6 Å². The summed E-state index contributed by atoms with van der Waals surface area (Å²) in [4.78, 5) is 22.8. The minimum absolute atomic E-state index is 0.0927. The van der Waals surface area contributed by atoms with Crippen molar-refractivity contribution in [1.29, 1.82) is 0 Å². The lowest BCUT2D eigenvalue weighted by Crippen LogP contribution is -2.44. The number of hydrogen-bond acceptors (Lipinski definition) is 9. The number of amides is 1. The van der Waals surface area contributed by atoms with Gasteiger partial charge in [-0.3, -0.25) is 0 Å². The van der Waals surface area contributed by atoms with Gasteiger partial charge in [0.1, 0.15) is 39.3 Å². The Morgan fingerprint density at radius 3 is 1.73 bits per heavy atom. The van der Waals surface area contributed by atoms with Crippen LogP contribution >= 0.6 is 22.7 Å². The quantitative estimate of drug-likeness (QED) is 0.226. The van der Waals surface area contributed by atoms with Gasteiger partial charge in [0, 0.05) is 49.1 Å². The van der Waals surface area contributed by atoms with Gasteiger partial charge in [-0.25, -0.2) is 14.8 Å². The second kappa shape index (κ2) is 15.2. The third-order valence-electron chi connectivity index (χ3n) is 7.56. The molecule has 6 rings (SSSR count). The number of aryl methyl sites for hydroxylation is 2. The van der Waals surface area contributed by atoms with Crippen molar-refractivity contribution >= 4 is 28.8 Å². The SMILES string of the molecule is Cc1ccc(OC2CCN(C(=O)OC(C)(C)C)CC2)c(-c2nccs2)c1.Cc1ccc(OC2CCNCC2)c(-c2nccs2)c1. The van der Waals surface area contributed by atoms with Crippen LogP contribution in [0, 0.1) is 13.8 Å². The summed E-state index contributed by atoms with van der Waals surface area (Å²) in [6.45, 7) is 13.2. The molecule has 0 aliphatic carbocycles. The Balaban J connectivity index is 0.000000186. The van der Waals surface area contributed by atoms with Crippen molar-refractivity contribution in [3.05, 3.63) is 70.7 Å². The predicted octanol–water partition coefficient (Wildman–Crippen LogP) is 8.15. The lowest BCUT2D eigenvalue weighted by Gasteiger charge is -2.33. The van der Waals surface area contributed by atoms with Crippen LogP contribution < -0.4 is 14.8 Å². The van der Waals surface area contributed by atoms with Crippen molar-refractivity contribution < 1.29 is 19.0 Å². The number of carbonyl (C=O) groups is 1. The van der Waals surface area contributed by atoms with Crippen LogP contribution in [0.3, 0.4) is 0 Å². The van der Waals surface area contributed by atoms with Gasteiger partial charge in [-0.1, -0.05) is 23.3 Å². The molecular formula is C35H44N4O4S2. The van der Waals surface area contributed by atoms with Crippen LogP contribution in [0.25, 0.3) is 21.1 Å². The van der Waals surface area contributed by atoms with E-state index in [0.717, 1.165) is 71.4 Å². The summed E-state index contributed by atoms with van der Waals surface area (Å²) < 4.78 is 17.9. The number of ether oxygens (including phenoxy) is 3. The molecule has 10 heteroatoms. The average Bonchev–Trinajstić information content (AvgIpc) is 3.75. The Morgan fingerprint density at radius 2 is 1.29 bits per heavy atom. The van der Waals surface area contributed by atoms with Crippen molar-refractivity contribution in [2.45, 2.75) is 78.1 Å². The average molecular weight is 649 g/mol. The number of hydrogen-bond donors (Lipinski definition) is 1. The molecule has 2 fully saturated rings. The van der Waals surface area contributed by atoms with Crippen molar-refractivity contribution in [1.82, 2.24) is 20.2 Å². The molecule has 2 aliphatic rings. The number of nitrogens with one attached hydrogen (secondary N) is 1. The van der Waals surface area contributed by atoms with E-state index in [9.17, 15) is 4.79 Å². The summed E-state index contributed by atoms with van der Waals surface area (Å²) in [6.07, 6.45) is 7.57. The van der Waals surface area contributed by atoms with E-state index in [1.807, 2.05) is 50.0 Å². The number of nitrogens with zero attached hydrogens (tertiary/aromatic N) is 3. The van der Waals surface area contributed by atoms with Crippen molar-refractivity contribution in [3.63, 3.8) is 0 Å². The zero-order valence-electron chi connectivity index (χ0n) is 26.9. The fourth-order valence-electron chi connectivity index (χ4n) is 5.30. The molecule has 4 aromatic rings. The van der Waals surface area contributed by atoms with Crippen LogP contribution in [-0.2, 0) is 4.74 Å². The fourth-order valence-corrected chi connectivity index (χ4v) is 6.61. The van der Waals surface area contributed by atoms with Crippen LogP contribution in [0.5, 0.6) is 11.5 Å². The summed E-state index contributed by atoms with van der Waals surface area (Å²) >= 11 is 3.27. The van der Waals surface area contributed by atoms with E-state index in [4.69, 9.17) is 14.2 Å². The molecule has 45 heavy (non-hydrogen) atoms. The first-order valence-corrected chi connectivity index (χ1v) is 17.4. The highest BCUT2D eigenvalue weighted by Gasteiger charge is 2.28. The molecular weight excluding hydrogens is 605 g/mol. The number of piperidine rings is 2. The van der Waals surface area contributed by atoms with E-state index < -0.39 is 5.60 Å². The number of rotatable bonds is 6. The van der Waals surface area contributed by atoms with E-state index in [2.05, 4.69) is 59.5 Å². The minimum Gasteiger partial charge on any atom is -0.490 e. The summed E-state index contributed by atoms with van der Waals surface area (Å²) in [5.41, 5.74) is 4.11. The van der Waals surface area contributed by atoms with Crippen molar-refractivity contribution in [3.8, 4) is 32.6 Å². The van der Waals surface area contributed by atoms with Crippen LogP contribution in [0.15, 0.2) is 59.6 Å². The zero-order valence-corrected chi connectivity index (χ0v) is 28.5. The minimum atomic E-state index is -0.463. The summed E-state index contributed by atoms with van der Waals surface area (Å²) in [5.74, 6) is 1.83. The summed E-state index contributed by atoms with van der Waals surface area (Å²) in [5, 5.41) is 9.34. The molecule has 2 aromatic heterocycles. The van der Waals surface area contributed by atoms with E-state index >= 15 is 0 Å². The number of carbonyl (C=O) groups excluding carboxylic acids is 1. The molecule has 2 aromatic carbocycles. The van der Waals surface area contributed by atoms with Gasteiger partial charge in [0.05, 0.1) is 11.1 Å². The van der Waals surface area contributed by atoms with E-state index in [0.29, 0.717) is 19.2 Å². The normalized spacial score (nSPS) is 16.1. The fraction of sp³-hybridized carbons (Fsp3) is 0.457. The Morgan fingerprint density at radius 1 is 0.800 bits per heavy atom. The third kappa shape index (κ3) is 9.51. The molecule has 0 saturated carbocycles. The highest BCUT2D eigenvalue weighted by Crippen LogP contribution is 2.35. The lowest BCUT2D eigenvalue weighted by atomic mass is 10.1. The second-order valence-corrected chi connectivity index (χ2v) is 14.3. The van der Waals surface area contributed by atoms with Gasteiger partial charge in [-0.2, -0.15) is 0 Å². The van der Waals surface area contributed by atoms with E-state index in [1.165, 1.54) is 11.1 Å². The maximum absolute atomic E-state index is 12.2. The van der Waals surface area contributed by atoms with Gasteiger partial charge >= 0.3 is 6.09 Å². The Bertz CT molecular complexity index is 1510. The van der Waals surface area contributed by atoms with Gasteiger partial charge in [0.2, 0.25) is 0 Å². The van der Waals surface area contributed by atoms with Crippen molar-refractivity contribution in [2.75, 3.05) is 26.2 Å². The Hall–Kier alpha value is -3.47.